The van der Waals surface area contributed by atoms with Gasteiger partial charge in [0.05, 0.1) is 5.69 Å². The van der Waals surface area contributed by atoms with E-state index in [1.807, 2.05) is 0 Å². The molecule has 0 atom stereocenters. The van der Waals surface area contributed by atoms with Crippen molar-refractivity contribution in [1.82, 2.24) is 4.72 Å². The van der Waals surface area contributed by atoms with Gasteiger partial charge in [-0.05, 0) is 30.6 Å². The van der Waals surface area contributed by atoms with Gasteiger partial charge in [0.25, 0.3) is 0 Å². The number of fused-ring (bicyclic) bond motifs is 1. The van der Waals surface area contributed by atoms with Crippen LogP contribution in [0.5, 0.6) is 5.75 Å². The zero-order chi connectivity index (χ0) is 12.6. The fraction of sp³-hybridized carbons (Fsp3) is 0.0909. The topological polar surface area (TPSA) is 92.4 Å². The van der Waals surface area contributed by atoms with Crippen molar-refractivity contribution < 1.29 is 13.5 Å². The zero-order valence-electron chi connectivity index (χ0n) is 9.14. The number of phenols is 1. The maximum atomic E-state index is 11.7. The maximum absolute atomic E-state index is 11.7. The average molecular weight is 252 g/mol. The lowest BCUT2D eigenvalue weighted by Gasteiger charge is -2.09. The summed E-state index contributed by atoms with van der Waals surface area (Å²) in [5.74, 6) is 0.0446. The van der Waals surface area contributed by atoms with E-state index in [1.54, 1.807) is 12.1 Å². The number of phenolic OH excluding ortho intramolecular Hbond substituents is 1. The van der Waals surface area contributed by atoms with Gasteiger partial charge in [-0.3, -0.25) is 0 Å². The van der Waals surface area contributed by atoms with E-state index in [1.165, 1.54) is 25.2 Å². The first-order valence-electron chi connectivity index (χ1n) is 4.90. The largest absolute Gasteiger partial charge is 0.508 e. The van der Waals surface area contributed by atoms with Gasteiger partial charge in [-0.2, -0.15) is 0 Å². The summed E-state index contributed by atoms with van der Waals surface area (Å²) in [5, 5.41) is 10.7. The van der Waals surface area contributed by atoms with E-state index in [0.717, 1.165) is 5.39 Å². The molecule has 0 aliphatic rings. The van der Waals surface area contributed by atoms with Crippen molar-refractivity contribution in [3.63, 3.8) is 0 Å². The molecule has 17 heavy (non-hydrogen) atoms. The lowest BCUT2D eigenvalue weighted by Crippen LogP contribution is -2.19. The highest BCUT2D eigenvalue weighted by atomic mass is 32.2. The van der Waals surface area contributed by atoms with Crippen LogP contribution in [0, 0.1) is 0 Å². The van der Waals surface area contributed by atoms with Crippen LogP contribution in [0.25, 0.3) is 10.8 Å². The average Bonchev–Trinajstić information content (AvgIpc) is 2.30. The molecule has 2 aromatic rings. The van der Waals surface area contributed by atoms with Crippen LogP contribution in [0.1, 0.15) is 0 Å². The number of aromatic hydroxyl groups is 1. The Morgan fingerprint density at radius 3 is 2.53 bits per heavy atom. The molecule has 90 valence electrons. The van der Waals surface area contributed by atoms with Crippen molar-refractivity contribution in [2.24, 2.45) is 0 Å². The minimum Gasteiger partial charge on any atom is -0.508 e. The number of rotatable bonds is 2. The number of hydrogen-bond acceptors (Lipinski definition) is 4. The van der Waals surface area contributed by atoms with Crippen LogP contribution in [0.2, 0.25) is 0 Å². The monoisotopic (exact) mass is 252 g/mol. The molecule has 0 spiro atoms. The van der Waals surface area contributed by atoms with Gasteiger partial charge >= 0.3 is 0 Å². The van der Waals surface area contributed by atoms with Crippen molar-refractivity contribution in [3.8, 4) is 5.75 Å². The lowest BCUT2D eigenvalue weighted by atomic mass is 10.1. The Hall–Kier alpha value is -1.79. The van der Waals surface area contributed by atoms with Crippen molar-refractivity contribution in [1.29, 1.82) is 0 Å². The number of sulfonamides is 1. The Bertz CT molecular complexity index is 680. The van der Waals surface area contributed by atoms with E-state index >= 15 is 0 Å². The number of hydrogen-bond donors (Lipinski definition) is 3. The Labute approximate surface area is 98.9 Å². The van der Waals surface area contributed by atoms with Gasteiger partial charge < -0.3 is 10.8 Å². The van der Waals surface area contributed by atoms with Gasteiger partial charge in [0.15, 0.2) is 0 Å². The standard InChI is InChI=1S/C11H12N2O3S/c1-13-17(15,16)10-5-3-7-2-4-8(14)6-9(7)11(10)12/h2-6,13-14H,12H2,1H3. The SMILES string of the molecule is CNS(=O)(=O)c1ccc2ccc(O)cc2c1N. The van der Waals surface area contributed by atoms with Gasteiger partial charge in [0.1, 0.15) is 10.6 Å². The molecule has 2 aromatic carbocycles. The second kappa shape index (κ2) is 3.90. The van der Waals surface area contributed by atoms with Gasteiger partial charge in [0, 0.05) is 5.39 Å². The van der Waals surface area contributed by atoms with Gasteiger partial charge in [0.2, 0.25) is 10.0 Å². The van der Waals surface area contributed by atoms with Crippen LogP contribution in [0.4, 0.5) is 5.69 Å². The summed E-state index contributed by atoms with van der Waals surface area (Å²) in [5.41, 5.74) is 5.95. The predicted octanol–water partition coefficient (Wildman–Crippen LogP) is 1.04. The highest BCUT2D eigenvalue weighted by molar-refractivity contribution is 7.89. The second-order valence-corrected chi connectivity index (χ2v) is 5.45. The molecule has 0 saturated heterocycles. The summed E-state index contributed by atoms with van der Waals surface area (Å²) in [7, 11) is -2.27. The molecule has 0 saturated carbocycles. The normalized spacial score (nSPS) is 11.8. The fourth-order valence-corrected chi connectivity index (χ4v) is 2.52. The molecule has 0 aromatic heterocycles. The van der Waals surface area contributed by atoms with Crippen molar-refractivity contribution >= 4 is 26.5 Å². The second-order valence-electron chi connectivity index (χ2n) is 3.59. The smallest absolute Gasteiger partial charge is 0.242 e. The molecule has 5 nitrogen and oxygen atoms in total. The van der Waals surface area contributed by atoms with Gasteiger partial charge in [-0.25, -0.2) is 13.1 Å². The van der Waals surface area contributed by atoms with E-state index in [4.69, 9.17) is 5.73 Å². The molecule has 0 radical (unpaired) electrons. The number of benzene rings is 2. The molecule has 0 heterocycles. The maximum Gasteiger partial charge on any atom is 0.242 e. The lowest BCUT2D eigenvalue weighted by molar-refractivity contribution is 0.476. The Morgan fingerprint density at radius 2 is 1.88 bits per heavy atom. The third-order valence-corrected chi connectivity index (χ3v) is 4.04. The molecular weight excluding hydrogens is 240 g/mol. The highest BCUT2D eigenvalue weighted by Gasteiger charge is 2.16. The molecule has 0 bridgehead atoms. The molecule has 6 heteroatoms. The quantitative estimate of drug-likeness (QED) is 0.696. The molecule has 0 fully saturated rings. The van der Waals surface area contributed by atoms with E-state index in [9.17, 15) is 13.5 Å². The van der Waals surface area contributed by atoms with Crippen LogP contribution in [-0.4, -0.2) is 20.6 Å². The third-order valence-electron chi connectivity index (χ3n) is 2.57. The van der Waals surface area contributed by atoms with Gasteiger partial charge in [-0.15, -0.1) is 0 Å². The molecule has 0 aliphatic heterocycles. The van der Waals surface area contributed by atoms with Crippen LogP contribution >= 0.6 is 0 Å². The number of nitrogens with one attached hydrogen (secondary N) is 1. The van der Waals surface area contributed by atoms with Crippen molar-refractivity contribution in [3.05, 3.63) is 30.3 Å². The van der Waals surface area contributed by atoms with E-state index in [0.29, 0.717) is 5.39 Å². The molecule has 4 N–H and O–H groups in total. The fourth-order valence-electron chi connectivity index (χ4n) is 1.66. The number of anilines is 1. The van der Waals surface area contributed by atoms with Crippen LogP contribution in [0.3, 0.4) is 0 Å². The Morgan fingerprint density at radius 1 is 1.24 bits per heavy atom. The summed E-state index contributed by atoms with van der Waals surface area (Å²) in [6.07, 6.45) is 0. The Kier molecular flexibility index (Phi) is 2.68. The van der Waals surface area contributed by atoms with Crippen molar-refractivity contribution in [2.45, 2.75) is 4.90 Å². The highest BCUT2D eigenvalue weighted by Crippen LogP contribution is 2.30. The van der Waals surface area contributed by atoms with E-state index in [-0.39, 0.29) is 16.3 Å². The minimum absolute atomic E-state index is 0.0121. The summed E-state index contributed by atoms with van der Waals surface area (Å²) in [6.45, 7) is 0. The minimum atomic E-state index is -3.59. The van der Waals surface area contributed by atoms with Gasteiger partial charge in [-0.1, -0.05) is 12.1 Å². The third kappa shape index (κ3) is 1.92. The summed E-state index contributed by atoms with van der Waals surface area (Å²) < 4.78 is 25.6. The Balaban J connectivity index is 2.82. The molecule has 0 aliphatic carbocycles. The van der Waals surface area contributed by atoms with Crippen LogP contribution in [0.15, 0.2) is 35.2 Å². The van der Waals surface area contributed by atoms with Crippen LogP contribution in [-0.2, 0) is 10.0 Å². The molecule has 2 rings (SSSR count). The first kappa shape index (κ1) is 11.7. The zero-order valence-corrected chi connectivity index (χ0v) is 9.95. The molecule has 0 unspecified atom stereocenters. The predicted molar refractivity (Wildman–Crippen MR) is 66.3 cm³/mol. The van der Waals surface area contributed by atoms with E-state index in [2.05, 4.69) is 4.72 Å². The summed E-state index contributed by atoms with van der Waals surface area (Å²) >= 11 is 0. The van der Waals surface area contributed by atoms with Crippen molar-refractivity contribution in [2.75, 3.05) is 12.8 Å². The number of nitrogen functional groups attached to an aromatic ring is 1. The molecular formula is C11H12N2O3S. The first-order chi connectivity index (χ1) is 7.95. The summed E-state index contributed by atoms with van der Waals surface area (Å²) in [4.78, 5) is 0.0121. The molecule has 0 amide bonds. The number of nitrogens with two attached hydrogens (primary N) is 1. The van der Waals surface area contributed by atoms with E-state index < -0.39 is 10.0 Å². The summed E-state index contributed by atoms with van der Waals surface area (Å²) in [6, 6.07) is 7.74. The van der Waals surface area contributed by atoms with Crippen LogP contribution < -0.4 is 10.5 Å². The first-order valence-corrected chi connectivity index (χ1v) is 6.39.